The number of aromatic nitrogens is 2. The molecule has 1 aromatic carbocycles. The SMILES string of the molecule is CC(C)c1cc(C(=O)NO)nn1-c1ccccc1. The van der Waals surface area contributed by atoms with Crippen LogP contribution in [0.25, 0.3) is 5.69 Å². The molecule has 0 aliphatic rings. The van der Waals surface area contributed by atoms with Crippen LogP contribution in [0.1, 0.15) is 35.9 Å². The third kappa shape index (κ3) is 2.26. The van der Waals surface area contributed by atoms with Crippen molar-refractivity contribution in [3.63, 3.8) is 0 Å². The molecule has 1 aromatic heterocycles. The number of carbonyl (C=O) groups excluding carboxylic acids is 1. The molecule has 0 saturated heterocycles. The summed E-state index contributed by atoms with van der Waals surface area (Å²) in [6, 6.07) is 11.3. The average Bonchev–Trinajstić information content (AvgIpc) is 2.84. The number of rotatable bonds is 3. The van der Waals surface area contributed by atoms with Crippen LogP contribution in [0, 0.1) is 0 Å². The van der Waals surface area contributed by atoms with Crippen LogP contribution >= 0.6 is 0 Å². The molecule has 2 N–H and O–H groups in total. The zero-order valence-corrected chi connectivity index (χ0v) is 10.3. The second kappa shape index (κ2) is 5.01. The fourth-order valence-corrected chi connectivity index (χ4v) is 1.75. The van der Waals surface area contributed by atoms with Gasteiger partial charge < -0.3 is 0 Å². The first kappa shape index (κ1) is 12.3. The first-order valence-corrected chi connectivity index (χ1v) is 5.73. The average molecular weight is 245 g/mol. The minimum atomic E-state index is -0.605. The highest BCUT2D eigenvalue weighted by molar-refractivity contribution is 5.91. The molecule has 0 saturated carbocycles. The number of amides is 1. The lowest BCUT2D eigenvalue weighted by Crippen LogP contribution is -2.19. The lowest BCUT2D eigenvalue weighted by molar-refractivity contribution is 0.0700. The van der Waals surface area contributed by atoms with Gasteiger partial charge in [-0.3, -0.25) is 10.0 Å². The quantitative estimate of drug-likeness (QED) is 0.643. The van der Waals surface area contributed by atoms with Crippen molar-refractivity contribution >= 4 is 5.91 Å². The fourth-order valence-electron chi connectivity index (χ4n) is 1.75. The Morgan fingerprint density at radius 1 is 1.33 bits per heavy atom. The van der Waals surface area contributed by atoms with Crippen LogP contribution in [0.15, 0.2) is 36.4 Å². The zero-order chi connectivity index (χ0) is 13.1. The van der Waals surface area contributed by atoms with E-state index in [0.29, 0.717) is 0 Å². The third-order valence-electron chi connectivity index (χ3n) is 2.66. The van der Waals surface area contributed by atoms with E-state index in [-0.39, 0.29) is 11.6 Å². The first-order valence-electron chi connectivity index (χ1n) is 5.73. The van der Waals surface area contributed by atoms with Crippen LogP contribution in [-0.4, -0.2) is 20.9 Å². The zero-order valence-electron chi connectivity index (χ0n) is 10.3. The summed E-state index contributed by atoms with van der Waals surface area (Å²) in [6.45, 7) is 4.05. The van der Waals surface area contributed by atoms with Gasteiger partial charge in [0.2, 0.25) is 0 Å². The first-order chi connectivity index (χ1) is 8.63. The number of hydrogen-bond acceptors (Lipinski definition) is 3. The highest BCUT2D eigenvalue weighted by Gasteiger charge is 2.16. The molecule has 0 spiro atoms. The number of carbonyl (C=O) groups is 1. The highest BCUT2D eigenvalue weighted by Crippen LogP contribution is 2.20. The molecule has 5 nitrogen and oxygen atoms in total. The molecule has 1 heterocycles. The molecule has 0 aliphatic heterocycles. The standard InChI is InChI=1S/C13H15N3O2/c1-9(2)12-8-11(13(17)15-18)14-16(12)10-6-4-3-5-7-10/h3-9,18H,1-2H3,(H,15,17). The van der Waals surface area contributed by atoms with Crippen molar-refractivity contribution in [3.8, 4) is 5.69 Å². The van der Waals surface area contributed by atoms with Crippen molar-refractivity contribution in [2.45, 2.75) is 19.8 Å². The maximum absolute atomic E-state index is 11.4. The lowest BCUT2D eigenvalue weighted by atomic mass is 10.1. The van der Waals surface area contributed by atoms with E-state index in [1.165, 1.54) is 0 Å². The van der Waals surface area contributed by atoms with Gasteiger partial charge in [0.05, 0.1) is 5.69 Å². The predicted molar refractivity (Wildman–Crippen MR) is 66.9 cm³/mol. The summed E-state index contributed by atoms with van der Waals surface area (Å²) in [7, 11) is 0. The number of nitrogens with zero attached hydrogens (tertiary/aromatic N) is 2. The lowest BCUT2D eigenvalue weighted by Gasteiger charge is -2.09. The van der Waals surface area contributed by atoms with Crippen molar-refractivity contribution in [3.05, 3.63) is 47.8 Å². The summed E-state index contributed by atoms with van der Waals surface area (Å²) in [5.74, 6) is -0.385. The second-order valence-corrected chi connectivity index (χ2v) is 4.30. The van der Waals surface area contributed by atoms with Crippen LogP contribution in [0.2, 0.25) is 0 Å². The molecule has 0 radical (unpaired) electrons. The van der Waals surface area contributed by atoms with Gasteiger partial charge in [0, 0.05) is 5.69 Å². The highest BCUT2D eigenvalue weighted by atomic mass is 16.5. The van der Waals surface area contributed by atoms with E-state index in [1.807, 2.05) is 44.2 Å². The molecule has 0 aliphatic carbocycles. The van der Waals surface area contributed by atoms with E-state index < -0.39 is 5.91 Å². The summed E-state index contributed by atoms with van der Waals surface area (Å²) in [5.41, 5.74) is 3.60. The summed E-state index contributed by atoms with van der Waals surface area (Å²) in [4.78, 5) is 11.4. The number of hydrogen-bond donors (Lipinski definition) is 2. The molecule has 0 fully saturated rings. The van der Waals surface area contributed by atoms with Crippen molar-refractivity contribution < 1.29 is 10.0 Å². The normalized spacial score (nSPS) is 10.7. The Bertz CT molecular complexity index is 547. The molecule has 2 aromatic rings. The maximum Gasteiger partial charge on any atom is 0.295 e. The number of benzene rings is 1. The Balaban J connectivity index is 2.52. The minimum absolute atomic E-state index is 0.199. The summed E-state index contributed by atoms with van der Waals surface area (Å²) >= 11 is 0. The van der Waals surface area contributed by atoms with Crippen molar-refractivity contribution in [1.82, 2.24) is 15.3 Å². The molecular weight excluding hydrogens is 230 g/mol. The Morgan fingerprint density at radius 3 is 2.56 bits per heavy atom. The molecule has 1 amide bonds. The molecule has 0 atom stereocenters. The van der Waals surface area contributed by atoms with Gasteiger partial charge in [-0.25, -0.2) is 10.2 Å². The van der Waals surface area contributed by atoms with E-state index in [9.17, 15) is 4.79 Å². The maximum atomic E-state index is 11.4. The Morgan fingerprint density at radius 2 is 2.00 bits per heavy atom. The van der Waals surface area contributed by atoms with Gasteiger partial charge >= 0.3 is 0 Å². The van der Waals surface area contributed by atoms with E-state index in [4.69, 9.17) is 5.21 Å². The van der Waals surface area contributed by atoms with Crippen LogP contribution in [0.4, 0.5) is 0 Å². The molecule has 5 heteroatoms. The Labute approximate surface area is 105 Å². The molecule has 2 rings (SSSR count). The summed E-state index contributed by atoms with van der Waals surface area (Å²) in [5, 5.41) is 12.9. The summed E-state index contributed by atoms with van der Waals surface area (Å²) in [6.07, 6.45) is 0. The van der Waals surface area contributed by atoms with Crippen LogP contribution in [-0.2, 0) is 0 Å². The van der Waals surface area contributed by atoms with Crippen LogP contribution in [0.3, 0.4) is 0 Å². The monoisotopic (exact) mass is 245 g/mol. The second-order valence-electron chi connectivity index (χ2n) is 4.30. The molecule has 0 bridgehead atoms. The van der Waals surface area contributed by atoms with Gasteiger partial charge in [-0.2, -0.15) is 5.10 Å². The van der Waals surface area contributed by atoms with Crippen molar-refractivity contribution in [1.29, 1.82) is 0 Å². The topological polar surface area (TPSA) is 67.2 Å². The number of para-hydroxylation sites is 1. The third-order valence-corrected chi connectivity index (χ3v) is 2.66. The van der Waals surface area contributed by atoms with Gasteiger partial charge in [-0.05, 0) is 24.1 Å². The Hall–Kier alpha value is -2.14. The van der Waals surface area contributed by atoms with Gasteiger partial charge in [-0.1, -0.05) is 32.0 Å². The van der Waals surface area contributed by atoms with Crippen LogP contribution in [0.5, 0.6) is 0 Å². The minimum Gasteiger partial charge on any atom is -0.288 e. The smallest absolute Gasteiger partial charge is 0.288 e. The molecule has 18 heavy (non-hydrogen) atoms. The van der Waals surface area contributed by atoms with Gasteiger partial charge in [0.25, 0.3) is 5.91 Å². The van der Waals surface area contributed by atoms with Gasteiger partial charge in [-0.15, -0.1) is 0 Å². The number of nitrogens with one attached hydrogen (secondary N) is 1. The largest absolute Gasteiger partial charge is 0.295 e. The van der Waals surface area contributed by atoms with E-state index >= 15 is 0 Å². The van der Waals surface area contributed by atoms with E-state index in [1.54, 1.807) is 16.2 Å². The molecule has 0 unspecified atom stereocenters. The van der Waals surface area contributed by atoms with Crippen molar-refractivity contribution in [2.24, 2.45) is 0 Å². The van der Waals surface area contributed by atoms with E-state index in [0.717, 1.165) is 11.4 Å². The van der Waals surface area contributed by atoms with Crippen molar-refractivity contribution in [2.75, 3.05) is 0 Å². The summed E-state index contributed by atoms with van der Waals surface area (Å²) < 4.78 is 1.72. The van der Waals surface area contributed by atoms with Gasteiger partial charge in [0.1, 0.15) is 0 Å². The Kier molecular flexibility index (Phi) is 3.43. The molecule has 94 valence electrons. The fraction of sp³-hybridized carbons (Fsp3) is 0.231. The number of hydroxylamine groups is 1. The molecular formula is C13H15N3O2. The van der Waals surface area contributed by atoms with E-state index in [2.05, 4.69) is 5.10 Å². The van der Waals surface area contributed by atoms with Crippen LogP contribution < -0.4 is 5.48 Å². The van der Waals surface area contributed by atoms with Gasteiger partial charge in [0.15, 0.2) is 5.69 Å². The predicted octanol–water partition coefficient (Wildman–Crippen LogP) is 2.11.